The van der Waals surface area contributed by atoms with Crippen molar-refractivity contribution in [1.29, 1.82) is 0 Å². The smallest absolute Gasteiger partial charge is 0.269 e. The van der Waals surface area contributed by atoms with Gasteiger partial charge in [-0.3, -0.25) is 9.48 Å². The summed E-state index contributed by atoms with van der Waals surface area (Å²) >= 11 is 0. The van der Waals surface area contributed by atoms with Crippen molar-refractivity contribution in [3.8, 4) is 0 Å². The van der Waals surface area contributed by atoms with E-state index in [-0.39, 0.29) is 17.9 Å². The highest BCUT2D eigenvalue weighted by Crippen LogP contribution is 2.44. The lowest BCUT2D eigenvalue weighted by atomic mass is 10.1. The highest BCUT2D eigenvalue weighted by molar-refractivity contribution is 5.92. The van der Waals surface area contributed by atoms with Crippen LogP contribution in [0.2, 0.25) is 0 Å². The quantitative estimate of drug-likeness (QED) is 0.791. The summed E-state index contributed by atoms with van der Waals surface area (Å²) in [5, 5.41) is 16.5. The normalized spacial score (nSPS) is 16.6. The maximum Gasteiger partial charge on any atom is 0.269 e. The number of aryl methyl sites for hydroxylation is 2. The summed E-state index contributed by atoms with van der Waals surface area (Å²) in [6.07, 6.45) is 2.82. The molecule has 5 heteroatoms. The van der Waals surface area contributed by atoms with Gasteiger partial charge in [-0.05, 0) is 32.3 Å². The molecule has 1 fully saturated rings. The Morgan fingerprint density at radius 2 is 2.28 bits per heavy atom. The molecule has 1 aliphatic carbocycles. The Morgan fingerprint density at radius 1 is 1.56 bits per heavy atom. The lowest BCUT2D eigenvalue weighted by Crippen LogP contribution is -2.33. The minimum atomic E-state index is -0.0937. The molecule has 1 aromatic heterocycles. The van der Waals surface area contributed by atoms with Crippen molar-refractivity contribution in [3.05, 3.63) is 17.5 Å². The molecule has 1 saturated carbocycles. The lowest BCUT2D eigenvalue weighted by molar-refractivity contribution is 0.0924. The molecule has 0 spiro atoms. The zero-order valence-corrected chi connectivity index (χ0v) is 11.1. The standard InChI is InChI=1S/C13H21N3O2/c1-3-10-7-11(16(4-2)15-10)12(18)14-8-13(9-17)5-6-13/h7,17H,3-6,8-9H2,1-2H3,(H,14,18). The van der Waals surface area contributed by atoms with Crippen LogP contribution in [0.3, 0.4) is 0 Å². The molecule has 2 N–H and O–H groups in total. The van der Waals surface area contributed by atoms with Crippen LogP contribution < -0.4 is 5.32 Å². The van der Waals surface area contributed by atoms with Crippen molar-refractivity contribution >= 4 is 5.91 Å². The second kappa shape index (κ2) is 5.10. The van der Waals surface area contributed by atoms with Crippen molar-refractivity contribution < 1.29 is 9.90 Å². The van der Waals surface area contributed by atoms with E-state index >= 15 is 0 Å². The number of aliphatic hydroxyl groups excluding tert-OH is 1. The number of aromatic nitrogens is 2. The lowest BCUT2D eigenvalue weighted by Gasteiger charge is -2.12. The third-order valence-electron chi connectivity index (χ3n) is 3.64. The van der Waals surface area contributed by atoms with Gasteiger partial charge in [-0.2, -0.15) is 5.10 Å². The van der Waals surface area contributed by atoms with Gasteiger partial charge in [-0.15, -0.1) is 0 Å². The molecular formula is C13H21N3O2. The van der Waals surface area contributed by atoms with Gasteiger partial charge in [0.2, 0.25) is 0 Å². The van der Waals surface area contributed by atoms with E-state index in [1.807, 2.05) is 19.9 Å². The highest BCUT2D eigenvalue weighted by Gasteiger charge is 2.42. The van der Waals surface area contributed by atoms with Crippen LogP contribution in [0.4, 0.5) is 0 Å². The van der Waals surface area contributed by atoms with Gasteiger partial charge in [0.05, 0.1) is 12.3 Å². The first-order valence-electron chi connectivity index (χ1n) is 6.60. The van der Waals surface area contributed by atoms with E-state index in [1.54, 1.807) is 4.68 Å². The Bertz CT molecular complexity index is 435. The zero-order valence-electron chi connectivity index (χ0n) is 11.1. The number of aliphatic hydroxyl groups is 1. The zero-order chi connectivity index (χ0) is 13.2. The van der Waals surface area contributed by atoms with Gasteiger partial charge in [-0.1, -0.05) is 6.92 Å². The van der Waals surface area contributed by atoms with Crippen LogP contribution in [0.1, 0.15) is 42.9 Å². The van der Waals surface area contributed by atoms with Gasteiger partial charge >= 0.3 is 0 Å². The van der Waals surface area contributed by atoms with Crippen LogP contribution in [0, 0.1) is 5.41 Å². The molecule has 0 saturated heterocycles. The largest absolute Gasteiger partial charge is 0.396 e. The molecule has 0 unspecified atom stereocenters. The minimum absolute atomic E-state index is 0.0552. The fraction of sp³-hybridized carbons (Fsp3) is 0.692. The molecular weight excluding hydrogens is 230 g/mol. The Balaban J connectivity index is 2.01. The molecule has 1 heterocycles. The number of carbonyl (C=O) groups is 1. The SMILES string of the molecule is CCc1cc(C(=O)NCC2(CO)CC2)n(CC)n1. The van der Waals surface area contributed by atoms with Crippen molar-refractivity contribution in [3.63, 3.8) is 0 Å². The average molecular weight is 251 g/mol. The topological polar surface area (TPSA) is 67.2 Å². The molecule has 0 aromatic carbocycles. The number of nitrogens with one attached hydrogen (secondary N) is 1. The average Bonchev–Trinajstić information content (AvgIpc) is 3.06. The van der Waals surface area contributed by atoms with Crippen molar-refractivity contribution in [2.24, 2.45) is 5.41 Å². The van der Waals surface area contributed by atoms with Crippen LogP contribution in [-0.4, -0.2) is 33.9 Å². The van der Waals surface area contributed by atoms with Crippen LogP contribution in [0.5, 0.6) is 0 Å². The van der Waals surface area contributed by atoms with Gasteiger partial charge in [0.15, 0.2) is 0 Å². The fourth-order valence-corrected chi connectivity index (χ4v) is 1.99. The molecule has 2 rings (SSSR count). The molecule has 18 heavy (non-hydrogen) atoms. The van der Waals surface area contributed by atoms with Crippen LogP contribution in [0.25, 0.3) is 0 Å². The van der Waals surface area contributed by atoms with Gasteiger partial charge in [0.25, 0.3) is 5.91 Å². The summed E-state index contributed by atoms with van der Waals surface area (Å²) in [7, 11) is 0. The van der Waals surface area contributed by atoms with Crippen LogP contribution >= 0.6 is 0 Å². The summed E-state index contributed by atoms with van der Waals surface area (Å²) in [5.74, 6) is -0.0937. The van der Waals surface area contributed by atoms with Gasteiger partial charge < -0.3 is 10.4 Å². The van der Waals surface area contributed by atoms with Crippen molar-refractivity contribution in [1.82, 2.24) is 15.1 Å². The summed E-state index contributed by atoms with van der Waals surface area (Å²) in [6.45, 7) is 5.39. The predicted molar refractivity (Wildman–Crippen MR) is 68.4 cm³/mol. The van der Waals surface area contributed by atoms with E-state index < -0.39 is 0 Å². The maximum atomic E-state index is 12.1. The molecule has 0 bridgehead atoms. The van der Waals surface area contributed by atoms with Crippen LogP contribution in [-0.2, 0) is 13.0 Å². The van der Waals surface area contributed by atoms with Gasteiger partial charge in [-0.25, -0.2) is 0 Å². The van der Waals surface area contributed by atoms with E-state index in [9.17, 15) is 9.90 Å². The van der Waals surface area contributed by atoms with E-state index in [0.717, 1.165) is 25.0 Å². The number of nitrogens with zero attached hydrogens (tertiary/aromatic N) is 2. The molecule has 0 radical (unpaired) electrons. The van der Waals surface area contributed by atoms with E-state index in [2.05, 4.69) is 10.4 Å². The van der Waals surface area contributed by atoms with E-state index in [4.69, 9.17) is 0 Å². The molecule has 1 amide bonds. The highest BCUT2D eigenvalue weighted by atomic mass is 16.3. The third-order valence-corrected chi connectivity index (χ3v) is 3.64. The van der Waals surface area contributed by atoms with Crippen LogP contribution in [0.15, 0.2) is 6.07 Å². The maximum absolute atomic E-state index is 12.1. The first kappa shape index (κ1) is 13.1. The summed E-state index contributed by atoms with van der Waals surface area (Å²) in [4.78, 5) is 12.1. The molecule has 100 valence electrons. The monoisotopic (exact) mass is 251 g/mol. The number of hydrogen-bond donors (Lipinski definition) is 2. The van der Waals surface area contributed by atoms with E-state index in [0.29, 0.717) is 18.8 Å². The summed E-state index contributed by atoms with van der Waals surface area (Å²) in [6, 6.07) is 1.84. The minimum Gasteiger partial charge on any atom is -0.396 e. The molecule has 1 aromatic rings. The molecule has 0 atom stereocenters. The summed E-state index contributed by atoms with van der Waals surface area (Å²) in [5.41, 5.74) is 1.49. The van der Waals surface area contributed by atoms with Crippen molar-refractivity contribution in [2.45, 2.75) is 39.7 Å². The Morgan fingerprint density at radius 3 is 2.78 bits per heavy atom. The molecule has 0 aliphatic heterocycles. The molecule has 1 aliphatic rings. The number of rotatable bonds is 6. The second-order valence-corrected chi connectivity index (χ2v) is 5.03. The molecule has 5 nitrogen and oxygen atoms in total. The number of amides is 1. The first-order valence-corrected chi connectivity index (χ1v) is 6.60. The first-order chi connectivity index (χ1) is 8.64. The van der Waals surface area contributed by atoms with E-state index in [1.165, 1.54) is 0 Å². The number of hydrogen-bond acceptors (Lipinski definition) is 3. The van der Waals surface area contributed by atoms with Gasteiger partial charge in [0.1, 0.15) is 5.69 Å². The Hall–Kier alpha value is -1.36. The fourth-order valence-electron chi connectivity index (χ4n) is 1.99. The Labute approximate surface area is 107 Å². The number of carbonyl (C=O) groups excluding carboxylic acids is 1. The Kier molecular flexibility index (Phi) is 3.71. The third kappa shape index (κ3) is 2.56. The predicted octanol–water partition coefficient (Wildman–Crippen LogP) is 0.968. The second-order valence-electron chi connectivity index (χ2n) is 5.03. The van der Waals surface area contributed by atoms with Crippen molar-refractivity contribution in [2.75, 3.05) is 13.2 Å². The summed E-state index contributed by atoms with van der Waals surface area (Å²) < 4.78 is 1.73. The van der Waals surface area contributed by atoms with Gasteiger partial charge in [0, 0.05) is 18.5 Å².